The SMILES string of the molecule is Cc1ccc2c(OCc3ccccc3)cc(Cl)nc2c1. The molecule has 0 aliphatic carbocycles. The van der Waals surface area contributed by atoms with Gasteiger partial charge in [0, 0.05) is 11.5 Å². The highest BCUT2D eigenvalue weighted by Crippen LogP contribution is 2.28. The minimum absolute atomic E-state index is 0.450. The minimum Gasteiger partial charge on any atom is -0.488 e. The van der Waals surface area contributed by atoms with Gasteiger partial charge in [-0.15, -0.1) is 0 Å². The van der Waals surface area contributed by atoms with Gasteiger partial charge in [-0.2, -0.15) is 0 Å². The first-order valence-electron chi connectivity index (χ1n) is 6.46. The number of rotatable bonds is 3. The summed E-state index contributed by atoms with van der Waals surface area (Å²) in [6.45, 7) is 2.55. The lowest BCUT2D eigenvalue weighted by Gasteiger charge is -2.10. The van der Waals surface area contributed by atoms with Gasteiger partial charge in [-0.1, -0.05) is 48.0 Å². The first-order valence-corrected chi connectivity index (χ1v) is 6.84. The van der Waals surface area contributed by atoms with E-state index in [1.165, 1.54) is 0 Å². The molecule has 1 heterocycles. The van der Waals surface area contributed by atoms with Crippen LogP contribution in [0.5, 0.6) is 5.75 Å². The van der Waals surface area contributed by atoms with Gasteiger partial charge in [-0.3, -0.25) is 0 Å². The Hall–Kier alpha value is -2.06. The van der Waals surface area contributed by atoms with E-state index in [-0.39, 0.29) is 0 Å². The average molecular weight is 284 g/mol. The standard InChI is InChI=1S/C17H14ClNO/c1-12-7-8-14-15(9-12)19-17(18)10-16(14)20-11-13-5-3-2-4-6-13/h2-10H,11H2,1H3. The quantitative estimate of drug-likeness (QED) is 0.646. The fraction of sp³-hybridized carbons (Fsp3) is 0.118. The van der Waals surface area contributed by atoms with Gasteiger partial charge in [0.05, 0.1) is 5.52 Å². The molecule has 0 spiro atoms. The smallest absolute Gasteiger partial charge is 0.133 e. The average Bonchev–Trinajstić information content (AvgIpc) is 2.45. The molecule has 0 atom stereocenters. The molecule has 0 fully saturated rings. The largest absolute Gasteiger partial charge is 0.488 e. The molecule has 3 heteroatoms. The molecular formula is C17H14ClNO. The van der Waals surface area contributed by atoms with Gasteiger partial charge in [-0.05, 0) is 30.2 Å². The van der Waals surface area contributed by atoms with Crippen molar-refractivity contribution in [3.8, 4) is 5.75 Å². The Morgan fingerprint density at radius 3 is 2.65 bits per heavy atom. The van der Waals surface area contributed by atoms with Gasteiger partial charge in [0.1, 0.15) is 17.5 Å². The molecule has 0 amide bonds. The van der Waals surface area contributed by atoms with Gasteiger partial charge in [0.25, 0.3) is 0 Å². The summed E-state index contributed by atoms with van der Waals surface area (Å²) >= 11 is 6.07. The summed E-state index contributed by atoms with van der Waals surface area (Å²) in [4.78, 5) is 4.34. The molecular weight excluding hydrogens is 270 g/mol. The van der Waals surface area contributed by atoms with E-state index >= 15 is 0 Å². The van der Waals surface area contributed by atoms with Crippen molar-refractivity contribution in [1.29, 1.82) is 0 Å². The lowest BCUT2D eigenvalue weighted by atomic mass is 10.1. The number of hydrogen-bond donors (Lipinski definition) is 0. The Kier molecular flexibility index (Phi) is 3.57. The molecule has 1 aromatic heterocycles. The third kappa shape index (κ3) is 2.75. The molecule has 0 aliphatic heterocycles. The third-order valence-electron chi connectivity index (χ3n) is 3.13. The Balaban J connectivity index is 1.94. The molecule has 3 rings (SSSR count). The summed E-state index contributed by atoms with van der Waals surface area (Å²) in [6, 6.07) is 17.9. The van der Waals surface area contributed by atoms with Crippen LogP contribution in [0.1, 0.15) is 11.1 Å². The maximum Gasteiger partial charge on any atom is 0.133 e. The zero-order chi connectivity index (χ0) is 13.9. The zero-order valence-corrected chi connectivity index (χ0v) is 11.9. The Morgan fingerprint density at radius 1 is 1.05 bits per heavy atom. The van der Waals surface area contributed by atoms with Crippen LogP contribution < -0.4 is 4.74 Å². The van der Waals surface area contributed by atoms with E-state index in [0.29, 0.717) is 11.8 Å². The Morgan fingerprint density at radius 2 is 1.85 bits per heavy atom. The van der Waals surface area contributed by atoms with Crippen LogP contribution >= 0.6 is 11.6 Å². The molecule has 0 bridgehead atoms. The second-order valence-corrected chi connectivity index (χ2v) is 5.13. The van der Waals surface area contributed by atoms with Crippen LogP contribution in [0.3, 0.4) is 0 Å². The van der Waals surface area contributed by atoms with Crippen molar-refractivity contribution in [1.82, 2.24) is 4.98 Å². The number of nitrogens with zero attached hydrogens (tertiary/aromatic N) is 1. The first kappa shape index (κ1) is 12.9. The minimum atomic E-state index is 0.450. The summed E-state index contributed by atoms with van der Waals surface area (Å²) in [5.74, 6) is 0.767. The molecule has 3 aromatic rings. The van der Waals surface area contributed by atoms with E-state index < -0.39 is 0 Å². The molecule has 20 heavy (non-hydrogen) atoms. The second-order valence-electron chi connectivity index (χ2n) is 4.74. The number of aryl methyl sites for hydroxylation is 1. The van der Waals surface area contributed by atoms with Gasteiger partial charge < -0.3 is 4.74 Å². The topological polar surface area (TPSA) is 22.1 Å². The number of ether oxygens (including phenoxy) is 1. The van der Waals surface area contributed by atoms with E-state index in [2.05, 4.69) is 4.98 Å². The van der Waals surface area contributed by atoms with Crippen molar-refractivity contribution in [3.63, 3.8) is 0 Å². The third-order valence-corrected chi connectivity index (χ3v) is 3.33. The van der Waals surface area contributed by atoms with Gasteiger partial charge in [0.2, 0.25) is 0 Å². The van der Waals surface area contributed by atoms with E-state index in [0.717, 1.165) is 27.8 Å². The molecule has 0 radical (unpaired) electrons. The number of aromatic nitrogens is 1. The highest BCUT2D eigenvalue weighted by atomic mass is 35.5. The lowest BCUT2D eigenvalue weighted by molar-refractivity contribution is 0.310. The second kappa shape index (κ2) is 5.51. The Labute approximate surface area is 123 Å². The van der Waals surface area contributed by atoms with Crippen molar-refractivity contribution in [2.45, 2.75) is 13.5 Å². The van der Waals surface area contributed by atoms with E-state index in [9.17, 15) is 0 Å². The predicted molar refractivity (Wildman–Crippen MR) is 82.3 cm³/mol. The van der Waals surface area contributed by atoms with Crippen LogP contribution in [0.15, 0.2) is 54.6 Å². The molecule has 0 N–H and O–H groups in total. The maximum absolute atomic E-state index is 6.07. The van der Waals surface area contributed by atoms with Crippen LogP contribution in [0, 0.1) is 6.92 Å². The molecule has 0 unspecified atom stereocenters. The van der Waals surface area contributed by atoms with Crippen molar-refractivity contribution < 1.29 is 4.74 Å². The molecule has 100 valence electrons. The fourth-order valence-electron chi connectivity index (χ4n) is 2.13. The molecule has 0 saturated carbocycles. The molecule has 0 saturated heterocycles. The van der Waals surface area contributed by atoms with Gasteiger partial charge >= 0.3 is 0 Å². The monoisotopic (exact) mass is 283 g/mol. The van der Waals surface area contributed by atoms with Crippen LogP contribution in [0.4, 0.5) is 0 Å². The highest BCUT2D eigenvalue weighted by Gasteiger charge is 2.06. The summed E-state index contributed by atoms with van der Waals surface area (Å²) < 4.78 is 5.90. The number of halogens is 1. The maximum atomic E-state index is 6.07. The van der Waals surface area contributed by atoms with E-state index in [1.54, 1.807) is 6.07 Å². The first-order chi connectivity index (χ1) is 9.72. The van der Waals surface area contributed by atoms with Crippen LogP contribution in [0.25, 0.3) is 10.9 Å². The number of pyridine rings is 1. The number of hydrogen-bond acceptors (Lipinski definition) is 2. The summed E-state index contributed by atoms with van der Waals surface area (Å²) in [6.07, 6.45) is 0. The summed E-state index contributed by atoms with van der Waals surface area (Å²) in [5.41, 5.74) is 3.14. The lowest BCUT2D eigenvalue weighted by Crippen LogP contribution is -1.96. The van der Waals surface area contributed by atoms with Crippen LogP contribution in [0.2, 0.25) is 5.15 Å². The van der Waals surface area contributed by atoms with E-state index in [4.69, 9.17) is 16.3 Å². The van der Waals surface area contributed by atoms with Gasteiger partial charge in [-0.25, -0.2) is 4.98 Å². The van der Waals surface area contributed by atoms with Crippen LogP contribution in [-0.4, -0.2) is 4.98 Å². The highest BCUT2D eigenvalue weighted by molar-refractivity contribution is 6.30. The molecule has 2 aromatic carbocycles. The van der Waals surface area contributed by atoms with Crippen LogP contribution in [-0.2, 0) is 6.61 Å². The molecule has 0 aliphatic rings. The molecule has 2 nitrogen and oxygen atoms in total. The number of benzene rings is 2. The normalized spacial score (nSPS) is 10.7. The fourth-order valence-corrected chi connectivity index (χ4v) is 2.32. The van der Waals surface area contributed by atoms with Crippen molar-refractivity contribution in [2.24, 2.45) is 0 Å². The van der Waals surface area contributed by atoms with Crippen molar-refractivity contribution in [2.75, 3.05) is 0 Å². The zero-order valence-electron chi connectivity index (χ0n) is 11.1. The van der Waals surface area contributed by atoms with E-state index in [1.807, 2.05) is 55.5 Å². The van der Waals surface area contributed by atoms with Crippen molar-refractivity contribution in [3.05, 3.63) is 70.9 Å². The Bertz CT molecular complexity index is 735. The summed E-state index contributed by atoms with van der Waals surface area (Å²) in [7, 11) is 0. The van der Waals surface area contributed by atoms with Gasteiger partial charge in [0.15, 0.2) is 0 Å². The van der Waals surface area contributed by atoms with Crippen molar-refractivity contribution >= 4 is 22.5 Å². The summed E-state index contributed by atoms with van der Waals surface area (Å²) in [5, 5.41) is 1.43. The number of fused-ring (bicyclic) bond motifs is 1. The predicted octanol–water partition coefficient (Wildman–Crippen LogP) is 4.78.